The van der Waals surface area contributed by atoms with Gasteiger partial charge in [-0.3, -0.25) is 0 Å². The summed E-state index contributed by atoms with van der Waals surface area (Å²) in [6, 6.07) is 7.46. The highest BCUT2D eigenvalue weighted by Gasteiger charge is 2.05. The van der Waals surface area contributed by atoms with E-state index in [1.807, 2.05) is 24.3 Å². The Hall–Kier alpha value is -1.97. The number of hydrogen-bond donors (Lipinski definition) is 0. The van der Waals surface area contributed by atoms with Gasteiger partial charge in [0.2, 0.25) is 0 Å². The number of benzene rings is 1. The Balaban J connectivity index is 2.76. The molecule has 1 aromatic carbocycles. The summed E-state index contributed by atoms with van der Waals surface area (Å²) in [7, 11) is 1.59. The first-order valence-corrected chi connectivity index (χ1v) is 5.33. The van der Waals surface area contributed by atoms with Crippen molar-refractivity contribution in [2.24, 2.45) is 0 Å². The van der Waals surface area contributed by atoms with Crippen LogP contribution in [0.15, 0.2) is 30.0 Å². The molecule has 0 aliphatic heterocycles. The molecule has 92 valence electrons. The van der Waals surface area contributed by atoms with Gasteiger partial charge in [0.25, 0.3) is 0 Å². The molecule has 0 spiro atoms. The van der Waals surface area contributed by atoms with Gasteiger partial charge in [0, 0.05) is 5.56 Å². The van der Waals surface area contributed by atoms with E-state index in [1.165, 1.54) is 0 Å². The molecule has 4 nitrogen and oxygen atoms in total. The van der Waals surface area contributed by atoms with E-state index >= 15 is 0 Å². The Labute approximate surface area is 101 Å². The normalized spacial score (nSPS) is 10.9. The highest BCUT2D eigenvalue weighted by molar-refractivity contribution is 5.65. The van der Waals surface area contributed by atoms with Crippen molar-refractivity contribution in [1.82, 2.24) is 0 Å². The molecule has 4 heteroatoms. The number of hydrogen-bond acceptors (Lipinski definition) is 4. The molecule has 0 saturated heterocycles. The van der Waals surface area contributed by atoms with Gasteiger partial charge in [0.1, 0.15) is 11.5 Å². The Morgan fingerprint density at radius 2 is 2.06 bits per heavy atom. The first kappa shape index (κ1) is 13.1. The Morgan fingerprint density at radius 1 is 1.35 bits per heavy atom. The molecule has 0 bridgehead atoms. The van der Waals surface area contributed by atoms with Gasteiger partial charge in [-0.1, -0.05) is 18.2 Å². The minimum Gasteiger partial charge on any atom is -0.496 e. The van der Waals surface area contributed by atoms with E-state index in [2.05, 4.69) is 4.74 Å². The molecule has 0 aliphatic rings. The largest absolute Gasteiger partial charge is 0.513 e. The zero-order valence-electron chi connectivity index (χ0n) is 10.2. The molecule has 0 atom stereocenters. The fourth-order valence-electron chi connectivity index (χ4n) is 1.31. The molecule has 0 heterocycles. The van der Waals surface area contributed by atoms with E-state index in [4.69, 9.17) is 9.47 Å². The van der Waals surface area contributed by atoms with E-state index in [1.54, 1.807) is 27.0 Å². The monoisotopic (exact) mass is 236 g/mol. The van der Waals surface area contributed by atoms with E-state index in [0.717, 1.165) is 11.3 Å². The molecule has 0 saturated carbocycles. The zero-order valence-corrected chi connectivity index (χ0v) is 10.2. The maximum Gasteiger partial charge on any atom is 0.513 e. The molecule has 0 amide bonds. The second-order valence-electron chi connectivity index (χ2n) is 3.28. The Morgan fingerprint density at radius 3 is 2.71 bits per heavy atom. The van der Waals surface area contributed by atoms with Crippen LogP contribution in [-0.2, 0) is 9.47 Å². The fourth-order valence-corrected chi connectivity index (χ4v) is 1.31. The summed E-state index contributed by atoms with van der Waals surface area (Å²) in [5.74, 6) is 1.17. The predicted molar refractivity (Wildman–Crippen MR) is 64.8 cm³/mol. The molecule has 1 aromatic rings. The van der Waals surface area contributed by atoms with Gasteiger partial charge >= 0.3 is 6.16 Å². The first-order chi connectivity index (χ1) is 8.17. The van der Waals surface area contributed by atoms with Crippen molar-refractivity contribution >= 4 is 12.2 Å². The second-order valence-corrected chi connectivity index (χ2v) is 3.28. The minimum absolute atomic E-state index is 0.292. The van der Waals surface area contributed by atoms with Gasteiger partial charge in [-0.05, 0) is 26.0 Å². The first-order valence-electron chi connectivity index (χ1n) is 5.33. The maximum absolute atomic E-state index is 11.1. The average molecular weight is 236 g/mol. The van der Waals surface area contributed by atoms with Gasteiger partial charge in [0.05, 0.1) is 13.7 Å². The second kappa shape index (κ2) is 6.58. The molecule has 0 fully saturated rings. The lowest BCUT2D eigenvalue weighted by Gasteiger charge is -2.06. The van der Waals surface area contributed by atoms with E-state index in [0.29, 0.717) is 12.4 Å². The van der Waals surface area contributed by atoms with Crippen LogP contribution in [0.2, 0.25) is 0 Å². The molecular weight excluding hydrogens is 220 g/mol. The lowest BCUT2D eigenvalue weighted by atomic mass is 10.2. The highest BCUT2D eigenvalue weighted by Crippen LogP contribution is 2.20. The van der Waals surface area contributed by atoms with Gasteiger partial charge in [-0.2, -0.15) is 0 Å². The third-order valence-corrected chi connectivity index (χ3v) is 2.00. The van der Waals surface area contributed by atoms with Crippen molar-refractivity contribution in [3.8, 4) is 5.75 Å². The smallest absolute Gasteiger partial charge is 0.496 e. The maximum atomic E-state index is 11.1. The summed E-state index contributed by atoms with van der Waals surface area (Å²) in [6.45, 7) is 3.70. The summed E-state index contributed by atoms with van der Waals surface area (Å²) >= 11 is 0. The van der Waals surface area contributed by atoms with Gasteiger partial charge in [-0.15, -0.1) is 0 Å². The van der Waals surface area contributed by atoms with Crippen molar-refractivity contribution in [3.05, 3.63) is 35.6 Å². The van der Waals surface area contributed by atoms with E-state index < -0.39 is 6.16 Å². The summed E-state index contributed by atoms with van der Waals surface area (Å²) in [5.41, 5.74) is 0.844. The predicted octanol–water partition coefficient (Wildman–Crippen LogP) is 3.23. The van der Waals surface area contributed by atoms with Crippen LogP contribution in [0.25, 0.3) is 6.08 Å². The Kier molecular flexibility index (Phi) is 5.07. The minimum atomic E-state index is -0.698. The fraction of sp³-hybridized carbons (Fsp3) is 0.308. The summed E-state index contributed by atoms with van der Waals surface area (Å²) in [5, 5.41) is 0. The zero-order chi connectivity index (χ0) is 12.7. The molecule has 0 unspecified atom stereocenters. The van der Waals surface area contributed by atoms with E-state index in [-0.39, 0.29) is 0 Å². The summed E-state index contributed by atoms with van der Waals surface area (Å²) < 4.78 is 14.8. The SMILES string of the molecule is CCOC(=O)OC(C)=Cc1ccccc1OC. The summed E-state index contributed by atoms with van der Waals surface area (Å²) in [6.07, 6.45) is 1.02. The number of carbonyl (C=O) groups is 1. The van der Waals surface area contributed by atoms with Crippen molar-refractivity contribution in [2.75, 3.05) is 13.7 Å². The van der Waals surface area contributed by atoms with Crippen LogP contribution in [0, 0.1) is 0 Å². The number of methoxy groups -OCH3 is 1. The summed E-state index contributed by atoms with van der Waals surface area (Å²) in [4.78, 5) is 11.1. The average Bonchev–Trinajstić information content (AvgIpc) is 2.29. The molecule has 0 aromatic heterocycles. The highest BCUT2D eigenvalue weighted by atomic mass is 16.7. The van der Waals surface area contributed by atoms with E-state index in [9.17, 15) is 4.79 Å². The molecule has 1 rings (SSSR count). The van der Waals surface area contributed by atoms with Crippen LogP contribution in [0.5, 0.6) is 5.75 Å². The number of carbonyl (C=O) groups excluding carboxylic acids is 1. The van der Waals surface area contributed by atoms with Crippen molar-refractivity contribution in [1.29, 1.82) is 0 Å². The number of rotatable bonds is 4. The molecule has 0 aliphatic carbocycles. The molecule has 0 N–H and O–H groups in total. The van der Waals surface area contributed by atoms with Crippen LogP contribution < -0.4 is 4.74 Å². The topological polar surface area (TPSA) is 44.8 Å². The van der Waals surface area contributed by atoms with Crippen LogP contribution >= 0.6 is 0 Å². The van der Waals surface area contributed by atoms with Crippen molar-refractivity contribution < 1.29 is 19.0 Å². The number of ether oxygens (including phenoxy) is 3. The van der Waals surface area contributed by atoms with Gasteiger partial charge in [-0.25, -0.2) is 4.79 Å². The molecule has 0 radical (unpaired) electrons. The van der Waals surface area contributed by atoms with Gasteiger partial charge in [0.15, 0.2) is 0 Å². The third kappa shape index (κ3) is 4.18. The van der Waals surface area contributed by atoms with Crippen LogP contribution in [0.3, 0.4) is 0 Å². The molecular formula is C13H16O4. The van der Waals surface area contributed by atoms with Crippen molar-refractivity contribution in [2.45, 2.75) is 13.8 Å². The third-order valence-electron chi connectivity index (χ3n) is 2.00. The van der Waals surface area contributed by atoms with Gasteiger partial charge < -0.3 is 14.2 Å². The standard InChI is InChI=1S/C13H16O4/c1-4-16-13(14)17-10(2)9-11-7-5-6-8-12(11)15-3/h5-9H,4H2,1-3H3. The lowest BCUT2D eigenvalue weighted by Crippen LogP contribution is -2.05. The van der Waals surface area contributed by atoms with Crippen LogP contribution in [0.1, 0.15) is 19.4 Å². The van der Waals surface area contributed by atoms with Crippen LogP contribution in [0.4, 0.5) is 4.79 Å². The number of para-hydroxylation sites is 1. The lowest BCUT2D eigenvalue weighted by molar-refractivity contribution is 0.0826. The quantitative estimate of drug-likeness (QED) is 0.594. The number of allylic oxidation sites excluding steroid dienone is 1. The molecule has 17 heavy (non-hydrogen) atoms. The Bertz CT molecular complexity index is 410. The van der Waals surface area contributed by atoms with Crippen LogP contribution in [-0.4, -0.2) is 19.9 Å². The van der Waals surface area contributed by atoms with Crippen molar-refractivity contribution in [3.63, 3.8) is 0 Å².